The van der Waals surface area contributed by atoms with Crippen molar-refractivity contribution >= 4 is 6.08 Å². The summed E-state index contributed by atoms with van der Waals surface area (Å²) in [6.45, 7) is 5.81. The van der Waals surface area contributed by atoms with E-state index < -0.39 is 0 Å². The van der Waals surface area contributed by atoms with Gasteiger partial charge in [-0.3, -0.25) is 0 Å². The molecule has 1 fully saturated rings. The van der Waals surface area contributed by atoms with Gasteiger partial charge in [0.1, 0.15) is 5.60 Å². The molecule has 0 amide bonds. The molecule has 0 bridgehead atoms. The summed E-state index contributed by atoms with van der Waals surface area (Å²) >= 11 is 0. The standard InChI is InChI=1S/C16H19FO/c1-16(2,3)18-14-7-6-11-8-12(10-4-5-10)9-13(11)15(14)17/h6-7,9-10H,4-5,8H2,1-3H3. The first kappa shape index (κ1) is 11.8. The van der Waals surface area contributed by atoms with Gasteiger partial charge >= 0.3 is 0 Å². The minimum atomic E-state index is -0.364. The second-order valence-electron chi connectivity index (χ2n) is 6.34. The topological polar surface area (TPSA) is 9.23 Å². The molecule has 2 heteroatoms. The van der Waals surface area contributed by atoms with Crippen LogP contribution < -0.4 is 4.74 Å². The molecule has 0 saturated heterocycles. The van der Waals surface area contributed by atoms with Crippen LogP contribution in [0.15, 0.2) is 17.7 Å². The second-order valence-corrected chi connectivity index (χ2v) is 6.34. The van der Waals surface area contributed by atoms with E-state index in [0.29, 0.717) is 11.7 Å². The molecule has 1 saturated carbocycles. The van der Waals surface area contributed by atoms with E-state index in [1.165, 1.54) is 18.4 Å². The minimum absolute atomic E-state index is 0.196. The van der Waals surface area contributed by atoms with Crippen LogP contribution in [0.1, 0.15) is 44.7 Å². The third kappa shape index (κ3) is 2.16. The average molecular weight is 246 g/mol. The van der Waals surface area contributed by atoms with Gasteiger partial charge in [0.25, 0.3) is 0 Å². The molecule has 2 aliphatic rings. The Labute approximate surface area is 108 Å². The third-order valence-corrected chi connectivity index (χ3v) is 3.48. The molecule has 0 aromatic heterocycles. The molecule has 1 aromatic carbocycles. The van der Waals surface area contributed by atoms with Gasteiger partial charge in [0.2, 0.25) is 0 Å². The van der Waals surface area contributed by atoms with E-state index in [9.17, 15) is 4.39 Å². The van der Waals surface area contributed by atoms with Crippen LogP contribution in [0.4, 0.5) is 4.39 Å². The van der Waals surface area contributed by atoms with E-state index >= 15 is 0 Å². The molecular weight excluding hydrogens is 227 g/mol. The van der Waals surface area contributed by atoms with E-state index in [1.807, 2.05) is 32.9 Å². The van der Waals surface area contributed by atoms with Crippen molar-refractivity contribution in [1.29, 1.82) is 0 Å². The van der Waals surface area contributed by atoms with Gasteiger partial charge in [-0.25, -0.2) is 4.39 Å². The molecular formula is C16H19FO. The quantitative estimate of drug-likeness (QED) is 0.753. The Kier molecular flexibility index (Phi) is 2.51. The van der Waals surface area contributed by atoms with Crippen LogP contribution in [-0.4, -0.2) is 5.60 Å². The largest absolute Gasteiger partial charge is 0.485 e. The second kappa shape index (κ2) is 3.84. The average Bonchev–Trinajstić information content (AvgIpc) is 3.01. The van der Waals surface area contributed by atoms with Gasteiger partial charge in [-0.15, -0.1) is 0 Å². The van der Waals surface area contributed by atoms with E-state index in [1.54, 1.807) is 6.07 Å². The molecule has 0 aliphatic heterocycles. The summed E-state index contributed by atoms with van der Waals surface area (Å²) in [5.41, 5.74) is 2.89. The molecule has 0 heterocycles. The van der Waals surface area contributed by atoms with E-state index in [4.69, 9.17) is 4.74 Å². The predicted octanol–water partition coefficient (Wildman–Crippen LogP) is 4.35. The highest BCUT2D eigenvalue weighted by atomic mass is 19.1. The highest BCUT2D eigenvalue weighted by Gasteiger charge is 2.30. The van der Waals surface area contributed by atoms with Crippen LogP contribution in [0.2, 0.25) is 0 Å². The maximum absolute atomic E-state index is 14.4. The lowest BCUT2D eigenvalue weighted by Crippen LogP contribution is -2.23. The van der Waals surface area contributed by atoms with Gasteiger partial charge in [0.15, 0.2) is 11.6 Å². The Morgan fingerprint density at radius 2 is 1.94 bits per heavy atom. The maximum Gasteiger partial charge on any atom is 0.172 e. The van der Waals surface area contributed by atoms with Crippen molar-refractivity contribution in [2.75, 3.05) is 0 Å². The van der Waals surface area contributed by atoms with Gasteiger partial charge in [-0.1, -0.05) is 17.7 Å². The Morgan fingerprint density at radius 3 is 2.56 bits per heavy atom. The van der Waals surface area contributed by atoms with Gasteiger partial charge in [-0.2, -0.15) is 0 Å². The summed E-state index contributed by atoms with van der Waals surface area (Å²) in [6.07, 6.45) is 5.50. The molecule has 18 heavy (non-hydrogen) atoms. The van der Waals surface area contributed by atoms with Gasteiger partial charge in [0.05, 0.1) is 0 Å². The van der Waals surface area contributed by atoms with Crippen LogP contribution in [0, 0.1) is 11.7 Å². The van der Waals surface area contributed by atoms with Gasteiger partial charge < -0.3 is 4.74 Å². The first-order valence-electron chi connectivity index (χ1n) is 6.65. The number of ether oxygens (including phenoxy) is 1. The zero-order valence-electron chi connectivity index (χ0n) is 11.2. The molecule has 0 atom stereocenters. The summed E-state index contributed by atoms with van der Waals surface area (Å²) in [5.74, 6) is 0.886. The van der Waals surface area contributed by atoms with Crippen LogP contribution in [0.3, 0.4) is 0 Å². The van der Waals surface area contributed by atoms with Crippen LogP contribution >= 0.6 is 0 Å². The number of allylic oxidation sites excluding steroid dienone is 1. The monoisotopic (exact) mass is 246 g/mol. The van der Waals surface area contributed by atoms with Crippen LogP contribution in [0.5, 0.6) is 5.75 Å². The fraction of sp³-hybridized carbons (Fsp3) is 0.500. The predicted molar refractivity (Wildman–Crippen MR) is 71.2 cm³/mol. The van der Waals surface area contributed by atoms with Crippen LogP contribution in [0.25, 0.3) is 6.08 Å². The third-order valence-electron chi connectivity index (χ3n) is 3.48. The Morgan fingerprint density at radius 1 is 1.22 bits per heavy atom. The Balaban J connectivity index is 1.94. The number of benzene rings is 1. The lowest BCUT2D eigenvalue weighted by molar-refractivity contribution is 0.124. The van der Waals surface area contributed by atoms with Crippen molar-refractivity contribution in [1.82, 2.24) is 0 Å². The number of fused-ring (bicyclic) bond motifs is 1. The molecule has 0 spiro atoms. The molecule has 0 N–H and O–H groups in total. The van der Waals surface area contributed by atoms with Crippen molar-refractivity contribution in [3.63, 3.8) is 0 Å². The van der Waals surface area contributed by atoms with Crippen molar-refractivity contribution in [2.24, 2.45) is 5.92 Å². The Hall–Kier alpha value is -1.31. The van der Waals surface area contributed by atoms with Crippen molar-refractivity contribution < 1.29 is 9.13 Å². The zero-order valence-corrected chi connectivity index (χ0v) is 11.2. The smallest absolute Gasteiger partial charge is 0.172 e. The van der Waals surface area contributed by atoms with Crippen molar-refractivity contribution in [3.05, 3.63) is 34.6 Å². The molecule has 96 valence electrons. The molecule has 0 unspecified atom stereocenters. The summed E-state index contributed by atoms with van der Waals surface area (Å²) < 4.78 is 20.1. The van der Waals surface area contributed by atoms with Gasteiger partial charge in [-0.05, 0) is 57.6 Å². The van der Waals surface area contributed by atoms with E-state index in [0.717, 1.165) is 17.5 Å². The van der Waals surface area contributed by atoms with Crippen molar-refractivity contribution in [2.45, 2.75) is 45.6 Å². The number of hydrogen-bond donors (Lipinski definition) is 0. The highest BCUT2D eigenvalue weighted by molar-refractivity contribution is 5.67. The maximum atomic E-state index is 14.4. The summed E-state index contributed by atoms with van der Waals surface area (Å²) in [5, 5.41) is 0. The zero-order chi connectivity index (χ0) is 12.9. The lowest BCUT2D eigenvalue weighted by atomic mass is 10.1. The minimum Gasteiger partial charge on any atom is -0.485 e. The molecule has 0 radical (unpaired) electrons. The fourth-order valence-electron chi connectivity index (χ4n) is 2.50. The van der Waals surface area contributed by atoms with Gasteiger partial charge in [0, 0.05) is 5.56 Å². The Bertz CT molecular complexity index is 519. The lowest BCUT2D eigenvalue weighted by Gasteiger charge is -2.22. The van der Waals surface area contributed by atoms with Crippen LogP contribution in [-0.2, 0) is 6.42 Å². The SMILES string of the molecule is CC(C)(C)Oc1ccc2c(c1F)C=C(C1CC1)C2. The number of rotatable bonds is 2. The van der Waals surface area contributed by atoms with Crippen molar-refractivity contribution in [3.8, 4) is 5.75 Å². The number of halogens is 1. The molecule has 3 rings (SSSR count). The normalized spacial score (nSPS) is 18.6. The first-order chi connectivity index (χ1) is 8.44. The summed E-state index contributed by atoms with van der Waals surface area (Å²) in [6, 6.07) is 3.77. The van der Waals surface area contributed by atoms with E-state index in [-0.39, 0.29) is 11.4 Å². The first-order valence-corrected chi connectivity index (χ1v) is 6.65. The summed E-state index contributed by atoms with van der Waals surface area (Å²) in [7, 11) is 0. The molecule has 2 aliphatic carbocycles. The summed E-state index contributed by atoms with van der Waals surface area (Å²) in [4.78, 5) is 0. The van der Waals surface area contributed by atoms with E-state index in [2.05, 4.69) is 0 Å². The molecule has 1 nitrogen and oxygen atoms in total. The highest BCUT2D eigenvalue weighted by Crippen LogP contribution is 2.44. The fourth-order valence-corrected chi connectivity index (χ4v) is 2.50. The molecule has 1 aromatic rings. The number of hydrogen-bond acceptors (Lipinski definition) is 1.